The molecule has 6 heteroatoms. The lowest BCUT2D eigenvalue weighted by Gasteiger charge is -2.25. The molecule has 2 N–H and O–H groups in total. The Labute approximate surface area is 131 Å². The molecule has 0 heterocycles. The highest BCUT2D eigenvalue weighted by molar-refractivity contribution is 5.85. The lowest BCUT2D eigenvalue weighted by Crippen LogP contribution is -2.41. The van der Waals surface area contributed by atoms with Crippen LogP contribution in [0, 0.1) is 5.82 Å². The van der Waals surface area contributed by atoms with Crippen molar-refractivity contribution in [1.82, 2.24) is 10.6 Å². The monoisotopic (exact) mass is 318 g/mol. The standard InChI is InChI=1S/C15H23FN2O2.ClH/c1-15(2,12-4-6-13(16)7-5-12)11-18-14(19)10-17-8-9-20-3;/h4-7,17H,8-11H2,1-3H3,(H,18,19);1H. The normalized spacial score (nSPS) is 10.9. The zero-order chi connectivity index (χ0) is 15.0. The zero-order valence-electron chi connectivity index (χ0n) is 12.7. The van der Waals surface area contributed by atoms with Crippen molar-refractivity contribution in [3.8, 4) is 0 Å². The Morgan fingerprint density at radius 2 is 1.90 bits per heavy atom. The van der Waals surface area contributed by atoms with E-state index in [9.17, 15) is 9.18 Å². The molecule has 1 aromatic carbocycles. The van der Waals surface area contributed by atoms with Crippen LogP contribution in [0.2, 0.25) is 0 Å². The van der Waals surface area contributed by atoms with Crippen LogP contribution < -0.4 is 10.6 Å². The van der Waals surface area contributed by atoms with Crippen LogP contribution in [0.15, 0.2) is 24.3 Å². The molecule has 1 amide bonds. The van der Waals surface area contributed by atoms with E-state index in [4.69, 9.17) is 4.74 Å². The number of nitrogens with one attached hydrogen (secondary N) is 2. The first-order chi connectivity index (χ1) is 9.45. The van der Waals surface area contributed by atoms with E-state index < -0.39 is 0 Å². The third-order valence-electron chi connectivity index (χ3n) is 3.12. The van der Waals surface area contributed by atoms with E-state index in [1.807, 2.05) is 13.8 Å². The molecule has 0 aliphatic heterocycles. The van der Waals surface area contributed by atoms with Crippen molar-refractivity contribution in [3.63, 3.8) is 0 Å². The Morgan fingerprint density at radius 3 is 2.48 bits per heavy atom. The molecule has 0 atom stereocenters. The van der Waals surface area contributed by atoms with Gasteiger partial charge in [-0.1, -0.05) is 26.0 Å². The first-order valence-corrected chi connectivity index (χ1v) is 6.68. The fourth-order valence-electron chi connectivity index (χ4n) is 1.76. The number of rotatable bonds is 8. The molecule has 0 aliphatic carbocycles. The summed E-state index contributed by atoms with van der Waals surface area (Å²) in [6.45, 7) is 6.02. The third-order valence-corrected chi connectivity index (χ3v) is 3.12. The molecule has 0 aliphatic rings. The fourth-order valence-corrected chi connectivity index (χ4v) is 1.76. The first kappa shape index (κ1) is 19.8. The van der Waals surface area contributed by atoms with Crippen molar-refractivity contribution in [3.05, 3.63) is 35.6 Å². The molecule has 0 fully saturated rings. The van der Waals surface area contributed by atoms with Gasteiger partial charge in [0.15, 0.2) is 0 Å². The Balaban J connectivity index is 0.00000400. The molecule has 1 rings (SSSR count). The van der Waals surface area contributed by atoms with Gasteiger partial charge in [-0.3, -0.25) is 4.79 Å². The van der Waals surface area contributed by atoms with Gasteiger partial charge in [0.25, 0.3) is 0 Å². The van der Waals surface area contributed by atoms with Gasteiger partial charge < -0.3 is 15.4 Å². The highest BCUT2D eigenvalue weighted by Crippen LogP contribution is 2.22. The molecular formula is C15H24ClFN2O2. The number of halogens is 2. The minimum absolute atomic E-state index is 0. The summed E-state index contributed by atoms with van der Waals surface area (Å²) in [5.41, 5.74) is 0.752. The Hall–Kier alpha value is -1.17. The first-order valence-electron chi connectivity index (χ1n) is 6.68. The molecule has 0 aromatic heterocycles. The average Bonchev–Trinajstić information content (AvgIpc) is 2.42. The van der Waals surface area contributed by atoms with E-state index in [1.54, 1.807) is 19.2 Å². The summed E-state index contributed by atoms with van der Waals surface area (Å²) in [5, 5.41) is 5.86. The quantitative estimate of drug-likeness (QED) is 0.720. The van der Waals surface area contributed by atoms with Crippen LogP contribution in [0.4, 0.5) is 4.39 Å². The minimum Gasteiger partial charge on any atom is -0.383 e. The van der Waals surface area contributed by atoms with E-state index in [2.05, 4.69) is 10.6 Å². The molecule has 21 heavy (non-hydrogen) atoms. The molecule has 4 nitrogen and oxygen atoms in total. The van der Waals surface area contributed by atoms with Crippen LogP contribution in [0.25, 0.3) is 0 Å². The summed E-state index contributed by atoms with van der Waals surface area (Å²) in [5.74, 6) is -0.313. The summed E-state index contributed by atoms with van der Waals surface area (Å²) in [6, 6.07) is 6.37. The Morgan fingerprint density at radius 1 is 1.29 bits per heavy atom. The predicted octanol–water partition coefficient (Wildman–Crippen LogP) is 1.88. The number of carbonyl (C=O) groups excluding carboxylic acids is 1. The summed E-state index contributed by atoms with van der Waals surface area (Å²) >= 11 is 0. The maximum absolute atomic E-state index is 12.9. The highest BCUT2D eigenvalue weighted by Gasteiger charge is 2.21. The number of hydrogen-bond acceptors (Lipinski definition) is 3. The van der Waals surface area contributed by atoms with Gasteiger partial charge in [-0.05, 0) is 17.7 Å². The van der Waals surface area contributed by atoms with E-state index in [1.165, 1.54) is 12.1 Å². The Kier molecular flexibility index (Phi) is 9.17. The average molecular weight is 319 g/mol. The lowest BCUT2D eigenvalue weighted by atomic mass is 9.84. The van der Waals surface area contributed by atoms with E-state index in [0.29, 0.717) is 19.7 Å². The van der Waals surface area contributed by atoms with Crippen molar-refractivity contribution < 1.29 is 13.9 Å². The van der Waals surface area contributed by atoms with Gasteiger partial charge in [-0.25, -0.2) is 4.39 Å². The summed E-state index contributed by atoms with van der Waals surface area (Å²) in [4.78, 5) is 11.7. The van der Waals surface area contributed by atoms with E-state index in [0.717, 1.165) is 5.56 Å². The highest BCUT2D eigenvalue weighted by atomic mass is 35.5. The largest absolute Gasteiger partial charge is 0.383 e. The second-order valence-electron chi connectivity index (χ2n) is 5.34. The van der Waals surface area contributed by atoms with Gasteiger partial charge in [-0.2, -0.15) is 0 Å². The van der Waals surface area contributed by atoms with Crippen LogP contribution in [-0.4, -0.2) is 39.3 Å². The summed E-state index contributed by atoms with van der Waals surface area (Å²) in [7, 11) is 1.62. The lowest BCUT2D eigenvalue weighted by molar-refractivity contribution is -0.120. The molecule has 0 unspecified atom stereocenters. The number of hydrogen-bond donors (Lipinski definition) is 2. The SMILES string of the molecule is COCCNCC(=O)NCC(C)(C)c1ccc(F)cc1.Cl. The van der Waals surface area contributed by atoms with Gasteiger partial charge in [0.2, 0.25) is 5.91 Å². The van der Waals surface area contributed by atoms with Crippen LogP contribution >= 0.6 is 12.4 Å². The van der Waals surface area contributed by atoms with Crippen LogP contribution in [-0.2, 0) is 14.9 Å². The van der Waals surface area contributed by atoms with Gasteiger partial charge in [0, 0.05) is 25.6 Å². The second-order valence-corrected chi connectivity index (χ2v) is 5.34. The molecule has 0 saturated carbocycles. The van der Waals surface area contributed by atoms with Crippen molar-refractivity contribution in [2.45, 2.75) is 19.3 Å². The zero-order valence-corrected chi connectivity index (χ0v) is 13.6. The van der Waals surface area contributed by atoms with Crippen LogP contribution in [0.5, 0.6) is 0 Å². The Bertz CT molecular complexity index is 424. The number of methoxy groups -OCH3 is 1. The van der Waals surface area contributed by atoms with Gasteiger partial charge in [0.05, 0.1) is 13.2 Å². The molecule has 0 radical (unpaired) electrons. The van der Waals surface area contributed by atoms with Gasteiger partial charge >= 0.3 is 0 Å². The molecule has 0 saturated heterocycles. The van der Waals surface area contributed by atoms with Crippen molar-refractivity contribution in [2.75, 3.05) is 33.4 Å². The molecule has 0 spiro atoms. The number of ether oxygens (including phenoxy) is 1. The van der Waals surface area contributed by atoms with Gasteiger partial charge in [-0.15, -0.1) is 12.4 Å². The van der Waals surface area contributed by atoms with Gasteiger partial charge in [0.1, 0.15) is 5.82 Å². The third kappa shape index (κ3) is 7.41. The van der Waals surface area contributed by atoms with Crippen molar-refractivity contribution in [1.29, 1.82) is 0 Å². The second kappa shape index (κ2) is 9.71. The minimum atomic E-state index is -0.254. The smallest absolute Gasteiger partial charge is 0.233 e. The van der Waals surface area contributed by atoms with Crippen molar-refractivity contribution in [2.24, 2.45) is 0 Å². The van der Waals surface area contributed by atoms with Crippen molar-refractivity contribution >= 4 is 18.3 Å². The summed E-state index contributed by atoms with van der Waals surface area (Å²) < 4.78 is 17.8. The van der Waals surface area contributed by atoms with E-state index in [-0.39, 0.29) is 36.1 Å². The van der Waals surface area contributed by atoms with E-state index >= 15 is 0 Å². The molecule has 120 valence electrons. The number of benzene rings is 1. The predicted molar refractivity (Wildman–Crippen MR) is 84.4 cm³/mol. The number of amides is 1. The fraction of sp³-hybridized carbons (Fsp3) is 0.533. The van der Waals surface area contributed by atoms with Crippen LogP contribution in [0.1, 0.15) is 19.4 Å². The number of carbonyl (C=O) groups is 1. The van der Waals surface area contributed by atoms with Crippen LogP contribution in [0.3, 0.4) is 0 Å². The maximum Gasteiger partial charge on any atom is 0.233 e. The molecular weight excluding hydrogens is 295 g/mol. The molecule has 0 bridgehead atoms. The maximum atomic E-state index is 12.9. The summed E-state index contributed by atoms with van der Waals surface area (Å²) in [6.07, 6.45) is 0. The topological polar surface area (TPSA) is 50.4 Å². The molecule has 1 aromatic rings.